The molecule has 2 aromatic rings. The number of aliphatic imine (C=N–C) groups is 1. The molecule has 27 heavy (non-hydrogen) atoms. The fourth-order valence-electron chi connectivity index (χ4n) is 2.34. The average molecular weight is 503 g/mol. The summed E-state index contributed by atoms with van der Waals surface area (Å²) < 4.78 is 28.7. The third-order valence-electron chi connectivity index (χ3n) is 3.81. The van der Waals surface area contributed by atoms with Crippen molar-refractivity contribution in [3.05, 3.63) is 60.2 Å². The zero-order chi connectivity index (χ0) is 19.0. The summed E-state index contributed by atoms with van der Waals surface area (Å²) >= 11 is 0. The van der Waals surface area contributed by atoms with Gasteiger partial charge < -0.3 is 15.0 Å². The molecule has 0 fully saturated rings. The van der Waals surface area contributed by atoms with Crippen molar-refractivity contribution >= 4 is 39.8 Å². The Morgan fingerprint density at radius 3 is 2.30 bits per heavy atom. The first-order valence-electron chi connectivity index (χ1n) is 8.29. The molecule has 0 saturated carbocycles. The van der Waals surface area contributed by atoms with Crippen molar-refractivity contribution in [3.8, 4) is 5.75 Å². The summed E-state index contributed by atoms with van der Waals surface area (Å²) in [5.74, 6) is 1.59. The monoisotopic (exact) mass is 503 g/mol. The second-order valence-corrected chi connectivity index (χ2v) is 7.92. The number of para-hydroxylation sites is 1. The molecular weight excluding hydrogens is 477 g/mol. The van der Waals surface area contributed by atoms with Crippen molar-refractivity contribution in [1.29, 1.82) is 0 Å². The van der Waals surface area contributed by atoms with Gasteiger partial charge in [0.1, 0.15) is 12.4 Å². The van der Waals surface area contributed by atoms with E-state index in [1.54, 1.807) is 31.3 Å². The van der Waals surface area contributed by atoms with Gasteiger partial charge in [-0.05, 0) is 29.8 Å². The average Bonchev–Trinajstić information content (AvgIpc) is 2.63. The first-order valence-corrected chi connectivity index (χ1v) is 10.2. The molecule has 0 aromatic heterocycles. The molecule has 0 atom stereocenters. The summed E-state index contributed by atoms with van der Waals surface area (Å²) in [6.07, 6.45) is 1.20. The smallest absolute Gasteiger partial charge is 0.193 e. The number of hydrogen-bond acceptors (Lipinski definition) is 4. The Morgan fingerprint density at radius 2 is 1.74 bits per heavy atom. The quantitative estimate of drug-likeness (QED) is 0.358. The number of rotatable bonds is 7. The van der Waals surface area contributed by atoms with Crippen LogP contribution in [0.2, 0.25) is 0 Å². The van der Waals surface area contributed by atoms with Crippen LogP contribution in [0.4, 0.5) is 0 Å². The van der Waals surface area contributed by atoms with Gasteiger partial charge in [0.05, 0.1) is 11.4 Å². The molecule has 148 valence electrons. The molecule has 0 aliphatic carbocycles. The number of halogens is 1. The van der Waals surface area contributed by atoms with E-state index in [-0.39, 0.29) is 24.0 Å². The zero-order valence-corrected chi connectivity index (χ0v) is 18.9. The van der Waals surface area contributed by atoms with Crippen LogP contribution in [0, 0.1) is 0 Å². The van der Waals surface area contributed by atoms with Crippen LogP contribution >= 0.6 is 24.0 Å². The van der Waals surface area contributed by atoms with E-state index in [0.29, 0.717) is 24.6 Å². The van der Waals surface area contributed by atoms with Crippen molar-refractivity contribution in [1.82, 2.24) is 10.2 Å². The Bertz CT molecular complexity index is 825. The molecule has 0 aliphatic heterocycles. The summed E-state index contributed by atoms with van der Waals surface area (Å²) in [6.45, 7) is 1.78. The minimum absolute atomic E-state index is 0. The predicted octanol–water partition coefficient (Wildman–Crippen LogP) is 2.79. The molecule has 0 radical (unpaired) electrons. The van der Waals surface area contributed by atoms with Crippen LogP contribution in [0.25, 0.3) is 0 Å². The summed E-state index contributed by atoms with van der Waals surface area (Å²) in [7, 11) is 0.498. The second kappa shape index (κ2) is 11.1. The zero-order valence-electron chi connectivity index (χ0n) is 15.8. The van der Waals surface area contributed by atoms with Crippen molar-refractivity contribution < 1.29 is 13.2 Å². The molecule has 0 amide bonds. The third kappa shape index (κ3) is 7.76. The van der Waals surface area contributed by atoms with Gasteiger partial charge in [0.2, 0.25) is 0 Å². The molecule has 2 aromatic carbocycles. The van der Waals surface area contributed by atoms with Crippen molar-refractivity contribution in [3.63, 3.8) is 0 Å². The first-order chi connectivity index (χ1) is 12.4. The van der Waals surface area contributed by atoms with E-state index in [2.05, 4.69) is 10.3 Å². The number of benzene rings is 2. The minimum Gasteiger partial charge on any atom is -0.492 e. The number of nitrogens with zero attached hydrogens (tertiary/aromatic N) is 2. The number of hydrogen-bond donors (Lipinski definition) is 1. The van der Waals surface area contributed by atoms with Gasteiger partial charge in [0.25, 0.3) is 0 Å². The van der Waals surface area contributed by atoms with Crippen LogP contribution in [0.15, 0.2) is 64.5 Å². The molecule has 8 heteroatoms. The maximum absolute atomic E-state index is 11.5. The lowest BCUT2D eigenvalue weighted by Gasteiger charge is -2.22. The normalized spacial score (nSPS) is 11.4. The van der Waals surface area contributed by atoms with Gasteiger partial charge in [-0.1, -0.05) is 30.3 Å². The van der Waals surface area contributed by atoms with Crippen molar-refractivity contribution in [2.45, 2.75) is 11.4 Å². The molecule has 0 aliphatic rings. The molecular formula is C19H26IN3O3S. The molecule has 0 heterocycles. The van der Waals surface area contributed by atoms with Crippen LogP contribution in [0.1, 0.15) is 5.56 Å². The van der Waals surface area contributed by atoms with Crippen LogP contribution in [-0.2, 0) is 16.4 Å². The van der Waals surface area contributed by atoms with Gasteiger partial charge in [-0.2, -0.15) is 0 Å². The summed E-state index contributed by atoms with van der Waals surface area (Å²) in [4.78, 5) is 6.57. The van der Waals surface area contributed by atoms with E-state index in [0.717, 1.165) is 17.3 Å². The standard InChI is InChI=1S/C19H25N3O3S.HI/c1-20-19(22(2)13-14-25-17-7-5-4-6-8-17)21-15-16-9-11-18(12-10-16)26(3,23)24;/h4-12H,13-15H2,1-3H3,(H,20,21);1H. The van der Waals surface area contributed by atoms with E-state index in [4.69, 9.17) is 4.74 Å². The lowest BCUT2D eigenvalue weighted by atomic mass is 10.2. The van der Waals surface area contributed by atoms with E-state index >= 15 is 0 Å². The van der Waals surface area contributed by atoms with Crippen LogP contribution in [0.3, 0.4) is 0 Å². The van der Waals surface area contributed by atoms with E-state index < -0.39 is 9.84 Å². The lowest BCUT2D eigenvalue weighted by molar-refractivity contribution is 0.281. The van der Waals surface area contributed by atoms with Gasteiger partial charge >= 0.3 is 0 Å². The van der Waals surface area contributed by atoms with Crippen molar-refractivity contribution in [2.24, 2.45) is 4.99 Å². The van der Waals surface area contributed by atoms with Crippen LogP contribution < -0.4 is 10.1 Å². The topological polar surface area (TPSA) is 71.0 Å². The number of sulfone groups is 1. The largest absolute Gasteiger partial charge is 0.492 e. The SMILES string of the molecule is CN=C(NCc1ccc(S(C)(=O)=O)cc1)N(C)CCOc1ccccc1.I. The molecule has 0 spiro atoms. The Hall–Kier alpha value is -1.81. The highest BCUT2D eigenvalue weighted by Gasteiger charge is 2.08. The van der Waals surface area contributed by atoms with Crippen LogP contribution in [0.5, 0.6) is 5.75 Å². The highest BCUT2D eigenvalue weighted by molar-refractivity contribution is 14.0. The third-order valence-corrected chi connectivity index (χ3v) is 4.94. The highest BCUT2D eigenvalue weighted by atomic mass is 127. The summed E-state index contributed by atoms with van der Waals surface area (Å²) in [5.41, 5.74) is 0.979. The Labute approximate surface area is 178 Å². The van der Waals surface area contributed by atoms with Crippen LogP contribution in [-0.4, -0.2) is 52.8 Å². The fourth-order valence-corrected chi connectivity index (χ4v) is 2.97. The van der Waals surface area contributed by atoms with Gasteiger partial charge in [0.15, 0.2) is 15.8 Å². The summed E-state index contributed by atoms with van der Waals surface area (Å²) in [5, 5.41) is 3.26. The van der Waals surface area contributed by atoms with Gasteiger partial charge in [-0.25, -0.2) is 8.42 Å². The molecule has 0 bridgehead atoms. The van der Waals surface area contributed by atoms with Gasteiger partial charge in [-0.3, -0.25) is 4.99 Å². The number of ether oxygens (including phenoxy) is 1. The molecule has 0 unspecified atom stereocenters. The van der Waals surface area contributed by atoms with E-state index in [1.807, 2.05) is 42.3 Å². The van der Waals surface area contributed by atoms with E-state index in [1.165, 1.54) is 6.26 Å². The maximum atomic E-state index is 11.5. The lowest BCUT2D eigenvalue weighted by Crippen LogP contribution is -2.40. The molecule has 1 N–H and O–H groups in total. The number of nitrogens with one attached hydrogen (secondary N) is 1. The van der Waals surface area contributed by atoms with E-state index in [9.17, 15) is 8.42 Å². The number of likely N-dealkylation sites (N-methyl/N-ethyl adjacent to an activating group) is 1. The van der Waals surface area contributed by atoms with Crippen molar-refractivity contribution in [2.75, 3.05) is 33.5 Å². The second-order valence-electron chi connectivity index (χ2n) is 5.90. The molecule has 0 saturated heterocycles. The Balaban J connectivity index is 0.00000364. The maximum Gasteiger partial charge on any atom is 0.193 e. The molecule has 2 rings (SSSR count). The van der Waals surface area contributed by atoms with Gasteiger partial charge in [0, 0.05) is 26.9 Å². The predicted molar refractivity (Wildman–Crippen MR) is 120 cm³/mol. The minimum atomic E-state index is -3.17. The number of guanidine groups is 1. The Morgan fingerprint density at radius 1 is 1.11 bits per heavy atom. The van der Waals surface area contributed by atoms with Gasteiger partial charge in [-0.15, -0.1) is 24.0 Å². The fraction of sp³-hybridized carbons (Fsp3) is 0.316. The highest BCUT2D eigenvalue weighted by Crippen LogP contribution is 2.10. The Kier molecular flexibility index (Phi) is 9.57. The first kappa shape index (κ1) is 23.2. The summed E-state index contributed by atoms with van der Waals surface area (Å²) in [6, 6.07) is 16.5. The molecule has 6 nitrogen and oxygen atoms in total.